The molecule has 0 aromatic heterocycles. The zero-order valence-electron chi connectivity index (χ0n) is 38.7. The van der Waals surface area contributed by atoms with Gasteiger partial charge in [0.05, 0.1) is 0 Å². The van der Waals surface area contributed by atoms with E-state index in [9.17, 15) is 0 Å². The van der Waals surface area contributed by atoms with E-state index in [1.165, 1.54) is 109 Å². The summed E-state index contributed by atoms with van der Waals surface area (Å²) >= 11 is 0. The van der Waals surface area contributed by atoms with Crippen molar-refractivity contribution in [3.63, 3.8) is 0 Å². The highest BCUT2D eigenvalue weighted by molar-refractivity contribution is 5.53. The number of hydrogen-bond acceptors (Lipinski definition) is 0. The Labute approximate surface area is 338 Å². The van der Waals surface area contributed by atoms with Gasteiger partial charge in [-0.25, -0.2) is 0 Å². The molecule has 54 heavy (non-hydrogen) atoms. The van der Waals surface area contributed by atoms with Crippen molar-refractivity contribution in [3.05, 3.63) is 116 Å². The van der Waals surface area contributed by atoms with Crippen LogP contribution in [0.1, 0.15) is 213 Å². The summed E-state index contributed by atoms with van der Waals surface area (Å²) in [5, 5.41) is 0. The molecule has 2 unspecified atom stereocenters. The summed E-state index contributed by atoms with van der Waals surface area (Å²) in [6.07, 6.45) is 42.0. The third-order valence-corrected chi connectivity index (χ3v) is 12.8. The average Bonchev–Trinajstić information content (AvgIpc) is 3.27. The molecule has 0 aliphatic heterocycles. The average molecular weight is 737 g/mol. The lowest BCUT2D eigenvalue weighted by atomic mass is 9.60. The van der Waals surface area contributed by atoms with E-state index in [-0.39, 0.29) is 10.8 Å². The number of hydrogen-bond donors (Lipinski definition) is 0. The molecule has 0 fully saturated rings. The molecule has 2 atom stereocenters. The summed E-state index contributed by atoms with van der Waals surface area (Å²) in [4.78, 5) is 0. The van der Waals surface area contributed by atoms with Crippen molar-refractivity contribution < 1.29 is 0 Å². The van der Waals surface area contributed by atoms with Gasteiger partial charge in [-0.15, -0.1) is 0 Å². The molecule has 0 radical (unpaired) electrons. The van der Waals surface area contributed by atoms with Crippen molar-refractivity contribution in [3.8, 4) is 0 Å². The van der Waals surface area contributed by atoms with Gasteiger partial charge in [0.2, 0.25) is 0 Å². The first kappa shape index (κ1) is 49.4. The maximum Gasteiger partial charge on any atom is 0.00158 e. The second-order valence-electron chi connectivity index (χ2n) is 17.9. The number of unbranched alkanes of at least 4 members (excludes halogenated alkanes) is 1. The fraction of sp³-hybridized carbons (Fsp3) is 0.630. The molecule has 1 aliphatic rings. The molecule has 0 aromatic rings. The first-order chi connectivity index (χ1) is 25.5. The van der Waals surface area contributed by atoms with E-state index in [4.69, 9.17) is 0 Å². The van der Waals surface area contributed by atoms with Gasteiger partial charge in [0.25, 0.3) is 0 Å². The van der Waals surface area contributed by atoms with Gasteiger partial charge < -0.3 is 0 Å². The second-order valence-corrected chi connectivity index (χ2v) is 17.9. The number of rotatable bonds is 25. The van der Waals surface area contributed by atoms with Gasteiger partial charge in [0.15, 0.2) is 0 Å². The Morgan fingerprint density at radius 3 is 1.19 bits per heavy atom. The molecule has 0 spiro atoms. The van der Waals surface area contributed by atoms with Crippen molar-refractivity contribution >= 4 is 0 Å². The van der Waals surface area contributed by atoms with E-state index in [0.717, 1.165) is 44.9 Å². The molecule has 0 saturated carbocycles. The highest BCUT2D eigenvalue weighted by Crippen LogP contribution is 2.63. The van der Waals surface area contributed by atoms with Gasteiger partial charge in [0.1, 0.15) is 0 Å². The van der Waals surface area contributed by atoms with E-state index in [2.05, 4.69) is 159 Å². The van der Waals surface area contributed by atoms with Gasteiger partial charge in [-0.1, -0.05) is 139 Å². The summed E-state index contributed by atoms with van der Waals surface area (Å²) in [5.41, 5.74) is 17.3. The quantitative estimate of drug-likeness (QED) is 0.0819. The molecule has 0 nitrogen and oxygen atoms in total. The van der Waals surface area contributed by atoms with Gasteiger partial charge >= 0.3 is 0 Å². The Morgan fingerprint density at radius 1 is 0.481 bits per heavy atom. The van der Waals surface area contributed by atoms with Crippen LogP contribution in [-0.4, -0.2) is 0 Å². The molecule has 0 heterocycles. The molecule has 0 saturated heterocycles. The van der Waals surface area contributed by atoms with Crippen LogP contribution in [0, 0.1) is 10.8 Å². The van der Waals surface area contributed by atoms with E-state index in [1.807, 2.05) is 0 Å². The molecule has 304 valence electrons. The molecule has 0 heteroatoms. The molecule has 1 aliphatic carbocycles. The van der Waals surface area contributed by atoms with Crippen LogP contribution in [0.3, 0.4) is 0 Å². The van der Waals surface area contributed by atoms with Gasteiger partial charge in [-0.3, -0.25) is 0 Å². The molecule has 0 amide bonds. The maximum atomic E-state index is 2.59. The Hall–Kier alpha value is -2.60. The van der Waals surface area contributed by atoms with Crippen molar-refractivity contribution in [2.24, 2.45) is 10.8 Å². The summed E-state index contributed by atoms with van der Waals surface area (Å²) in [5.74, 6) is 0. The molecule has 0 N–H and O–H groups in total. The van der Waals surface area contributed by atoms with Crippen LogP contribution in [0.5, 0.6) is 0 Å². The standard InChI is InChI=1S/C54H88/c1-16-19-38-52-51(41-43(6)17-2)50(13)54(15,53(52,14)18-3)40-39-49(12)37-25-36-48(11)35-24-34-47(10)33-23-32-46(9)31-22-30-45(8)29-21-28-44(7)27-20-26-42(4)5/h17,26,28,30,32,34,36,38-39H,16,18-25,27,29,31,33,35,37,40-41H2,1-15H3/b43-17+,44-28+,45-30+,46-32+,47-34+,48-36+,49-39+,52-38-. The minimum atomic E-state index is 0.162. The van der Waals surface area contributed by atoms with Crippen LogP contribution in [0.2, 0.25) is 0 Å². The monoisotopic (exact) mass is 737 g/mol. The summed E-state index contributed by atoms with van der Waals surface area (Å²) in [6, 6.07) is 0. The van der Waals surface area contributed by atoms with Crippen LogP contribution in [0.4, 0.5) is 0 Å². The SMILES string of the molecule is C/C=C(\C)CC1=C(C)C(C)(C/C=C(\C)CC/C=C(\C)CC/C=C(\C)CC/C=C(\C)CC/C=C(\C)CC/C=C(\C)CCC=C(C)C)C(C)(CC)/C1=C\CCC. The molecule has 1 rings (SSSR count). The lowest BCUT2D eigenvalue weighted by Crippen LogP contribution is -2.35. The smallest absolute Gasteiger partial charge is 0.00158 e. The zero-order chi connectivity index (χ0) is 40.7. The highest BCUT2D eigenvalue weighted by Gasteiger charge is 2.52. The van der Waals surface area contributed by atoms with Crippen molar-refractivity contribution in [1.29, 1.82) is 0 Å². The van der Waals surface area contributed by atoms with E-state index in [1.54, 1.807) is 16.7 Å². The Balaban J connectivity index is 2.57. The molecular weight excluding hydrogens is 649 g/mol. The largest absolute Gasteiger partial charge is 0.0884 e. The lowest BCUT2D eigenvalue weighted by Gasteiger charge is -2.43. The Morgan fingerprint density at radius 2 is 0.852 bits per heavy atom. The predicted molar refractivity (Wildman–Crippen MR) is 248 cm³/mol. The van der Waals surface area contributed by atoms with Crippen molar-refractivity contribution in [2.75, 3.05) is 0 Å². The molecule has 0 bridgehead atoms. The van der Waals surface area contributed by atoms with Crippen molar-refractivity contribution in [2.45, 2.75) is 213 Å². The minimum absolute atomic E-state index is 0.162. The molecular formula is C54H88. The lowest BCUT2D eigenvalue weighted by molar-refractivity contribution is 0.167. The van der Waals surface area contributed by atoms with Gasteiger partial charge in [-0.2, -0.15) is 0 Å². The first-order valence-electron chi connectivity index (χ1n) is 22.1. The summed E-state index contributed by atoms with van der Waals surface area (Å²) in [6.45, 7) is 35.0. The Kier molecular flexibility index (Phi) is 24.1. The van der Waals surface area contributed by atoms with Crippen LogP contribution in [-0.2, 0) is 0 Å². The third-order valence-electron chi connectivity index (χ3n) is 12.8. The van der Waals surface area contributed by atoms with Crippen LogP contribution >= 0.6 is 0 Å². The Bertz CT molecular complexity index is 1460. The van der Waals surface area contributed by atoms with Gasteiger partial charge in [0, 0.05) is 10.8 Å². The third kappa shape index (κ3) is 17.5. The first-order valence-corrected chi connectivity index (χ1v) is 22.1. The van der Waals surface area contributed by atoms with E-state index in [0.29, 0.717) is 0 Å². The minimum Gasteiger partial charge on any atom is -0.0884 e. The zero-order valence-corrected chi connectivity index (χ0v) is 38.7. The summed E-state index contributed by atoms with van der Waals surface area (Å²) < 4.78 is 0. The van der Waals surface area contributed by atoms with Crippen LogP contribution in [0.25, 0.3) is 0 Å². The topological polar surface area (TPSA) is 0 Å². The summed E-state index contributed by atoms with van der Waals surface area (Å²) in [7, 11) is 0. The highest BCUT2D eigenvalue weighted by atomic mass is 14.6. The van der Waals surface area contributed by atoms with Gasteiger partial charge in [-0.05, 0) is 190 Å². The fourth-order valence-electron chi connectivity index (χ4n) is 8.09. The van der Waals surface area contributed by atoms with E-state index < -0.39 is 0 Å². The fourth-order valence-corrected chi connectivity index (χ4v) is 8.09. The van der Waals surface area contributed by atoms with E-state index >= 15 is 0 Å². The van der Waals surface area contributed by atoms with Crippen LogP contribution in [0.15, 0.2) is 116 Å². The number of allylic oxidation sites excluding steroid dienone is 20. The predicted octanol–water partition coefficient (Wildman–Crippen LogP) is 18.5. The van der Waals surface area contributed by atoms with Crippen LogP contribution < -0.4 is 0 Å². The molecule has 0 aromatic carbocycles. The maximum absolute atomic E-state index is 2.59. The van der Waals surface area contributed by atoms with Crippen molar-refractivity contribution in [1.82, 2.24) is 0 Å². The second kappa shape index (κ2) is 26.3. The normalized spacial score (nSPS) is 21.9.